The van der Waals surface area contributed by atoms with Crippen LogP contribution in [0, 0.1) is 0 Å². The molecule has 4 heavy (non-hydrogen) atoms. The van der Waals surface area contributed by atoms with E-state index in [0.717, 1.165) is 0 Å². The van der Waals surface area contributed by atoms with Crippen LogP contribution in [0.15, 0.2) is 10.7 Å². The monoisotopic (exact) mass is 110 g/mol. The molecule has 0 aromatic rings. The van der Waals surface area contributed by atoms with Crippen LogP contribution in [0.4, 0.5) is 0 Å². The third kappa shape index (κ3) is 2.38. The molecule has 0 saturated heterocycles. The first-order chi connectivity index (χ1) is 1.91. The van der Waals surface area contributed by atoms with Gasteiger partial charge in [0.1, 0.15) is 0 Å². The van der Waals surface area contributed by atoms with E-state index < -0.39 is 0 Å². The van der Waals surface area contributed by atoms with E-state index in [4.69, 9.17) is 0 Å². The number of hydrogen-bond acceptors (Lipinski definition) is 0. The fourth-order valence-electron chi connectivity index (χ4n) is 0. The molecular formula is C3H5Ga. The van der Waals surface area contributed by atoms with Gasteiger partial charge in [-0.3, -0.25) is 0 Å². The van der Waals surface area contributed by atoms with E-state index in [0.29, 0.717) is 0 Å². The van der Waals surface area contributed by atoms with Crippen LogP contribution in [0.1, 0.15) is 6.92 Å². The van der Waals surface area contributed by atoms with Crippen molar-refractivity contribution in [3.05, 3.63) is 10.7 Å². The summed E-state index contributed by atoms with van der Waals surface area (Å²) in [5.41, 5.74) is 0. The zero-order chi connectivity index (χ0) is 3.41. The molecule has 0 bridgehead atoms. The van der Waals surface area contributed by atoms with Gasteiger partial charge in [-0.1, -0.05) is 0 Å². The summed E-state index contributed by atoms with van der Waals surface area (Å²) in [6, 6.07) is 0. The first kappa shape index (κ1) is 4.38. The normalized spacial score (nSPS) is 9.25. The van der Waals surface area contributed by atoms with Crippen molar-refractivity contribution in [2.75, 3.05) is 0 Å². The number of allylic oxidation sites excluding steroid dienone is 1. The van der Waals surface area contributed by atoms with E-state index in [1.807, 2.05) is 13.0 Å². The van der Waals surface area contributed by atoms with Crippen molar-refractivity contribution in [3.8, 4) is 0 Å². The summed E-state index contributed by atoms with van der Waals surface area (Å²) in [6.45, 7) is 2.02. The summed E-state index contributed by atoms with van der Waals surface area (Å²) in [7, 11) is 0. The molecule has 0 fully saturated rings. The Morgan fingerprint density at radius 3 is 2.00 bits per heavy atom. The van der Waals surface area contributed by atoms with E-state index in [1.165, 1.54) is 0 Å². The zero-order valence-electron chi connectivity index (χ0n) is 2.73. The van der Waals surface area contributed by atoms with Crippen LogP contribution >= 0.6 is 0 Å². The third-order valence-corrected chi connectivity index (χ3v) is 1.00. The zero-order valence-corrected chi connectivity index (χ0v) is 5.15. The Kier molecular flexibility index (Phi) is 3.69. The second-order valence-corrected chi connectivity index (χ2v) is 1.33. The molecule has 0 heterocycles. The van der Waals surface area contributed by atoms with Crippen LogP contribution in [-0.2, 0) is 0 Å². The molecule has 0 aromatic heterocycles. The molecule has 0 aromatic carbocycles. The Bertz CT molecular complexity index is 18.5. The van der Waals surface area contributed by atoms with Gasteiger partial charge in [0.05, 0.1) is 0 Å². The molecule has 0 unspecified atom stereocenters. The van der Waals surface area contributed by atoms with Gasteiger partial charge in [0.15, 0.2) is 0 Å². The van der Waals surface area contributed by atoms with Crippen LogP contribution in [0.3, 0.4) is 0 Å². The summed E-state index contributed by atoms with van der Waals surface area (Å²) >= 11 is 1.64. The van der Waals surface area contributed by atoms with Crippen LogP contribution in [0.2, 0.25) is 0 Å². The van der Waals surface area contributed by atoms with Gasteiger partial charge >= 0.3 is 36.2 Å². The first-order valence-corrected chi connectivity index (χ1v) is 2.64. The molecule has 0 aliphatic rings. The Morgan fingerprint density at radius 2 is 2.00 bits per heavy atom. The molecule has 0 aliphatic heterocycles. The Balaban J connectivity index is 2.55. The van der Waals surface area contributed by atoms with Gasteiger partial charge in [-0.05, 0) is 0 Å². The number of hydrogen-bond donors (Lipinski definition) is 0. The summed E-state index contributed by atoms with van der Waals surface area (Å²) in [5, 5.41) is 0. The summed E-state index contributed by atoms with van der Waals surface area (Å²) in [5.74, 6) is 0. The van der Waals surface area contributed by atoms with Gasteiger partial charge in [-0.25, -0.2) is 0 Å². The molecule has 0 amide bonds. The van der Waals surface area contributed by atoms with E-state index in [2.05, 4.69) is 4.63 Å². The average molecular weight is 111 g/mol. The second-order valence-electron chi connectivity index (χ2n) is 0.526. The van der Waals surface area contributed by atoms with Crippen molar-refractivity contribution in [2.45, 2.75) is 6.92 Å². The third-order valence-electron chi connectivity index (χ3n) is 0.192. The van der Waals surface area contributed by atoms with Gasteiger partial charge in [0.2, 0.25) is 0 Å². The predicted octanol–water partition coefficient (Wildman–Crippen LogP) is 0.689. The van der Waals surface area contributed by atoms with Crippen LogP contribution in [0.25, 0.3) is 0 Å². The summed E-state index contributed by atoms with van der Waals surface area (Å²) in [4.78, 5) is 0. The van der Waals surface area contributed by atoms with E-state index >= 15 is 0 Å². The molecule has 0 spiro atoms. The van der Waals surface area contributed by atoms with Gasteiger partial charge in [0.25, 0.3) is 0 Å². The van der Waals surface area contributed by atoms with Crippen LogP contribution in [-0.4, -0.2) is 18.6 Å². The van der Waals surface area contributed by atoms with Crippen LogP contribution < -0.4 is 0 Å². The number of rotatable bonds is 0. The first-order valence-electron chi connectivity index (χ1n) is 1.24. The summed E-state index contributed by atoms with van der Waals surface area (Å²) in [6.07, 6.45) is 2.03. The van der Waals surface area contributed by atoms with Gasteiger partial charge < -0.3 is 0 Å². The summed E-state index contributed by atoms with van der Waals surface area (Å²) < 4.78 is 2.06. The maximum absolute atomic E-state index is 2.06. The SMILES string of the molecule is C/C=[CH]/[Ga]. The fourth-order valence-corrected chi connectivity index (χ4v) is 0. The van der Waals surface area contributed by atoms with Crippen LogP contribution in [0.5, 0.6) is 0 Å². The molecule has 0 N–H and O–H groups in total. The molecule has 0 atom stereocenters. The minimum absolute atomic E-state index is 1.64. The fraction of sp³-hybridized carbons (Fsp3) is 0.333. The van der Waals surface area contributed by atoms with Crippen molar-refractivity contribution in [3.63, 3.8) is 0 Å². The van der Waals surface area contributed by atoms with Gasteiger partial charge in [0, 0.05) is 0 Å². The maximum atomic E-state index is 2.06. The van der Waals surface area contributed by atoms with E-state index in [9.17, 15) is 0 Å². The Labute approximate surface area is 36.8 Å². The molecule has 1 heteroatoms. The van der Waals surface area contributed by atoms with Crippen molar-refractivity contribution < 1.29 is 0 Å². The van der Waals surface area contributed by atoms with Crippen molar-refractivity contribution >= 4 is 18.6 Å². The second kappa shape index (κ2) is 3.38. The van der Waals surface area contributed by atoms with E-state index in [-0.39, 0.29) is 0 Å². The molecule has 2 radical (unpaired) electrons. The van der Waals surface area contributed by atoms with Gasteiger partial charge in [-0.15, -0.1) is 0 Å². The molecule has 0 saturated carbocycles. The molecule has 0 aliphatic carbocycles. The van der Waals surface area contributed by atoms with Gasteiger partial charge in [-0.2, -0.15) is 0 Å². The predicted molar refractivity (Wildman–Crippen MR) is 20.6 cm³/mol. The van der Waals surface area contributed by atoms with Crippen molar-refractivity contribution in [1.82, 2.24) is 0 Å². The topological polar surface area (TPSA) is 0 Å². The van der Waals surface area contributed by atoms with Crippen molar-refractivity contribution in [2.24, 2.45) is 0 Å². The van der Waals surface area contributed by atoms with E-state index in [1.54, 1.807) is 18.6 Å². The molecule has 0 rings (SSSR count). The Morgan fingerprint density at radius 1 is 1.75 bits per heavy atom. The minimum atomic E-state index is 1.64. The molecule has 20 valence electrons. The quantitative estimate of drug-likeness (QED) is 0.403. The molecule has 0 nitrogen and oxygen atoms in total. The molecular weight excluding hydrogens is 106 g/mol. The van der Waals surface area contributed by atoms with Crippen molar-refractivity contribution in [1.29, 1.82) is 0 Å². The average Bonchev–Trinajstić information content (AvgIpc) is 1.37. The Hall–Kier alpha value is 0.376. The standard InChI is InChI=1S/C3H5.Ga/c1-3-2;/h1,3H,2H3;.